The number of likely N-dealkylation sites (tertiary alicyclic amines) is 1. The van der Waals surface area contributed by atoms with E-state index >= 15 is 0 Å². The van der Waals surface area contributed by atoms with Crippen molar-refractivity contribution in [2.45, 2.75) is 12.8 Å². The van der Waals surface area contributed by atoms with Crippen LogP contribution in [0, 0.1) is 5.92 Å². The Labute approximate surface area is 143 Å². The Morgan fingerprint density at radius 1 is 1.12 bits per heavy atom. The van der Waals surface area contributed by atoms with Gasteiger partial charge in [-0.3, -0.25) is 9.59 Å². The lowest BCUT2D eigenvalue weighted by Gasteiger charge is -2.37. The maximum atomic E-state index is 12.6. The molecule has 3 rings (SSSR count). The van der Waals surface area contributed by atoms with E-state index < -0.39 is 0 Å². The van der Waals surface area contributed by atoms with Gasteiger partial charge in [0.2, 0.25) is 5.91 Å². The molecule has 2 amide bonds. The molecule has 0 aromatic heterocycles. The number of hydrogen-bond acceptors (Lipinski definition) is 3. The number of carbonyl (C=O) groups excluding carboxylic acids is 2. The third-order valence-corrected chi connectivity index (χ3v) is 5.18. The summed E-state index contributed by atoms with van der Waals surface area (Å²) in [4.78, 5) is 29.4. The molecule has 2 aliphatic rings. The van der Waals surface area contributed by atoms with E-state index in [2.05, 4.69) is 17.0 Å². The minimum absolute atomic E-state index is 0.0727. The average Bonchev–Trinajstić information content (AvgIpc) is 2.63. The highest BCUT2D eigenvalue weighted by molar-refractivity contribution is 5.78. The number of piperazine rings is 1. The van der Waals surface area contributed by atoms with Crippen LogP contribution in [0.5, 0.6) is 0 Å². The Balaban J connectivity index is 1.48. The molecule has 6 nitrogen and oxygen atoms in total. The number of piperidine rings is 1. The van der Waals surface area contributed by atoms with Crippen LogP contribution < -0.4 is 15.5 Å². The van der Waals surface area contributed by atoms with Gasteiger partial charge in [0.05, 0.1) is 19.0 Å². The van der Waals surface area contributed by atoms with Gasteiger partial charge in [0.25, 0.3) is 5.91 Å². The Hall–Kier alpha value is -2.08. The second-order valence-corrected chi connectivity index (χ2v) is 6.83. The summed E-state index contributed by atoms with van der Waals surface area (Å²) in [5.41, 5.74) is 6.64. The second-order valence-electron chi connectivity index (χ2n) is 6.83. The van der Waals surface area contributed by atoms with E-state index in [1.54, 1.807) is 0 Å². The van der Waals surface area contributed by atoms with Crippen molar-refractivity contribution in [2.24, 2.45) is 11.7 Å². The highest BCUT2D eigenvalue weighted by Crippen LogP contribution is 2.15. The molecule has 2 saturated heterocycles. The molecule has 2 atom stereocenters. The van der Waals surface area contributed by atoms with Crippen LogP contribution in [0.2, 0.25) is 0 Å². The summed E-state index contributed by atoms with van der Waals surface area (Å²) >= 11 is 0. The van der Waals surface area contributed by atoms with E-state index in [0.717, 1.165) is 45.6 Å². The molecule has 130 valence electrons. The Morgan fingerprint density at radius 3 is 2.50 bits per heavy atom. The molecular formula is C18H27N4O2+. The standard InChI is InChI=1S/C18H26N4O2/c19-18(24)15-5-4-8-20(13-15)14-17(23)22-11-9-21(10-12-22)16-6-2-1-3-7-16/h1-3,6-7,15H,4-5,8-14H2,(H2,19,24)/p+1/t15-/m1/s1. The van der Waals surface area contributed by atoms with Gasteiger partial charge in [-0.1, -0.05) is 18.2 Å². The summed E-state index contributed by atoms with van der Waals surface area (Å²) in [5.74, 6) is -0.101. The van der Waals surface area contributed by atoms with Crippen LogP contribution in [0.3, 0.4) is 0 Å². The highest BCUT2D eigenvalue weighted by Gasteiger charge is 2.30. The second kappa shape index (κ2) is 7.66. The quantitative estimate of drug-likeness (QED) is 0.752. The molecule has 2 fully saturated rings. The first-order chi connectivity index (χ1) is 11.6. The zero-order valence-electron chi connectivity index (χ0n) is 14.1. The molecule has 1 aromatic carbocycles. The lowest BCUT2D eigenvalue weighted by molar-refractivity contribution is -0.899. The third-order valence-electron chi connectivity index (χ3n) is 5.18. The van der Waals surface area contributed by atoms with Crippen LogP contribution in [0.25, 0.3) is 0 Å². The van der Waals surface area contributed by atoms with Crippen LogP contribution in [-0.2, 0) is 9.59 Å². The first-order valence-electron chi connectivity index (χ1n) is 8.84. The fourth-order valence-corrected chi connectivity index (χ4v) is 3.73. The number of rotatable bonds is 4. The maximum absolute atomic E-state index is 12.6. The van der Waals surface area contributed by atoms with Crippen molar-refractivity contribution in [2.75, 3.05) is 50.7 Å². The van der Waals surface area contributed by atoms with Crippen molar-refractivity contribution in [3.8, 4) is 0 Å². The minimum atomic E-state index is -0.226. The number of benzene rings is 1. The van der Waals surface area contributed by atoms with Gasteiger partial charge in [-0.25, -0.2) is 0 Å². The van der Waals surface area contributed by atoms with Crippen molar-refractivity contribution >= 4 is 17.5 Å². The summed E-state index contributed by atoms with van der Waals surface area (Å²) in [6.45, 7) is 5.41. The van der Waals surface area contributed by atoms with Crippen molar-refractivity contribution in [1.29, 1.82) is 0 Å². The van der Waals surface area contributed by atoms with E-state index in [-0.39, 0.29) is 17.7 Å². The lowest BCUT2D eigenvalue weighted by Crippen LogP contribution is -3.15. The predicted molar refractivity (Wildman–Crippen MR) is 92.7 cm³/mol. The van der Waals surface area contributed by atoms with E-state index in [1.165, 1.54) is 10.6 Å². The van der Waals surface area contributed by atoms with E-state index in [1.807, 2.05) is 23.1 Å². The Bertz CT molecular complexity index is 570. The molecular weight excluding hydrogens is 304 g/mol. The maximum Gasteiger partial charge on any atom is 0.277 e. The number of quaternary nitrogens is 1. The van der Waals surface area contributed by atoms with Gasteiger partial charge in [-0.15, -0.1) is 0 Å². The third kappa shape index (κ3) is 4.06. The van der Waals surface area contributed by atoms with Gasteiger partial charge in [-0.2, -0.15) is 0 Å². The van der Waals surface area contributed by atoms with Crippen molar-refractivity contribution in [1.82, 2.24) is 4.90 Å². The van der Waals surface area contributed by atoms with Crippen LogP contribution in [0.4, 0.5) is 5.69 Å². The summed E-state index contributed by atoms with van der Waals surface area (Å²) in [7, 11) is 0. The Kier molecular flexibility index (Phi) is 5.35. The average molecular weight is 331 g/mol. The van der Waals surface area contributed by atoms with Crippen molar-refractivity contribution in [3.05, 3.63) is 30.3 Å². The van der Waals surface area contributed by atoms with Gasteiger partial charge < -0.3 is 20.4 Å². The number of primary amides is 1. The Morgan fingerprint density at radius 2 is 1.83 bits per heavy atom. The fourth-order valence-electron chi connectivity index (χ4n) is 3.73. The monoisotopic (exact) mass is 331 g/mol. The van der Waals surface area contributed by atoms with Crippen LogP contribution in [-0.4, -0.2) is 62.5 Å². The molecule has 0 aliphatic carbocycles. The molecule has 0 bridgehead atoms. The zero-order chi connectivity index (χ0) is 16.9. The van der Waals surface area contributed by atoms with E-state index in [4.69, 9.17) is 5.73 Å². The van der Waals surface area contributed by atoms with Gasteiger partial charge in [0.1, 0.15) is 0 Å². The van der Waals surface area contributed by atoms with Gasteiger partial charge in [0.15, 0.2) is 6.54 Å². The zero-order valence-corrected chi connectivity index (χ0v) is 14.1. The fraction of sp³-hybridized carbons (Fsp3) is 0.556. The van der Waals surface area contributed by atoms with Gasteiger partial charge in [-0.05, 0) is 25.0 Å². The number of amides is 2. The van der Waals surface area contributed by atoms with Crippen LogP contribution in [0.15, 0.2) is 30.3 Å². The molecule has 2 heterocycles. The molecule has 24 heavy (non-hydrogen) atoms. The molecule has 3 N–H and O–H groups in total. The summed E-state index contributed by atoms with van der Waals surface area (Å²) in [5, 5.41) is 0. The van der Waals surface area contributed by atoms with Crippen molar-refractivity contribution < 1.29 is 14.5 Å². The van der Waals surface area contributed by atoms with E-state index in [0.29, 0.717) is 13.1 Å². The lowest BCUT2D eigenvalue weighted by atomic mass is 9.97. The van der Waals surface area contributed by atoms with Gasteiger partial charge >= 0.3 is 0 Å². The normalized spacial score (nSPS) is 24.7. The number of nitrogens with two attached hydrogens (primary N) is 1. The number of nitrogens with zero attached hydrogens (tertiary/aromatic N) is 2. The minimum Gasteiger partial charge on any atom is -0.369 e. The topological polar surface area (TPSA) is 71.1 Å². The van der Waals surface area contributed by atoms with Crippen LogP contribution >= 0.6 is 0 Å². The molecule has 6 heteroatoms. The first kappa shape index (κ1) is 16.8. The number of hydrogen-bond donors (Lipinski definition) is 2. The molecule has 1 aromatic rings. The van der Waals surface area contributed by atoms with E-state index in [9.17, 15) is 9.59 Å². The van der Waals surface area contributed by atoms with Crippen LogP contribution in [0.1, 0.15) is 12.8 Å². The summed E-state index contributed by atoms with van der Waals surface area (Å²) in [6, 6.07) is 10.3. The number of anilines is 1. The molecule has 0 spiro atoms. The molecule has 1 unspecified atom stereocenters. The van der Waals surface area contributed by atoms with Crippen molar-refractivity contribution in [3.63, 3.8) is 0 Å². The smallest absolute Gasteiger partial charge is 0.277 e. The van der Waals surface area contributed by atoms with Gasteiger partial charge in [0, 0.05) is 31.9 Å². The summed E-state index contributed by atoms with van der Waals surface area (Å²) in [6.07, 6.45) is 1.83. The number of nitrogens with one attached hydrogen (secondary N) is 1. The highest BCUT2D eigenvalue weighted by atomic mass is 16.2. The number of para-hydroxylation sites is 1. The molecule has 0 radical (unpaired) electrons. The predicted octanol–water partition coefficient (Wildman–Crippen LogP) is -0.885. The molecule has 2 aliphatic heterocycles. The summed E-state index contributed by atoms with van der Waals surface area (Å²) < 4.78 is 0. The SMILES string of the molecule is NC(=O)[C@@H]1CCC[NH+](CC(=O)N2CCN(c3ccccc3)CC2)C1. The molecule has 0 saturated carbocycles. The number of carbonyl (C=O) groups is 2. The largest absolute Gasteiger partial charge is 0.369 e. The first-order valence-corrected chi connectivity index (χ1v) is 8.84.